The topological polar surface area (TPSA) is 111 Å². The summed E-state index contributed by atoms with van der Waals surface area (Å²) in [7, 11) is 3.54. The molecule has 2 aliphatic carbocycles. The van der Waals surface area contributed by atoms with Crippen LogP contribution in [0.4, 0.5) is 11.6 Å². The first-order valence-corrected chi connectivity index (χ1v) is 11.5. The summed E-state index contributed by atoms with van der Waals surface area (Å²) in [5.41, 5.74) is 2.09. The Bertz CT molecular complexity index is 1390. The van der Waals surface area contributed by atoms with Gasteiger partial charge in [-0.05, 0) is 31.0 Å². The summed E-state index contributed by atoms with van der Waals surface area (Å²) in [5, 5.41) is 7.66. The Kier molecular flexibility index (Phi) is 5.06. The number of oxazole rings is 1. The Balaban J connectivity index is 1.34. The molecule has 2 N–H and O–H groups in total. The fraction of sp³-hybridized carbons (Fsp3) is 0.360. The van der Waals surface area contributed by atoms with E-state index in [9.17, 15) is 4.79 Å². The molecule has 1 amide bonds. The van der Waals surface area contributed by atoms with Crippen molar-refractivity contribution >= 4 is 39.4 Å². The zero-order valence-electron chi connectivity index (χ0n) is 19.0. The highest BCUT2D eigenvalue weighted by atomic mass is 16.5. The van der Waals surface area contributed by atoms with Crippen LogP contribution in [0.5, 0.6) is 5.75 Å². The van der Waals surface area contributed by atoms with E-state index in [1.54, 1.807) is 19.5 Å². The fourth-order valence-electron chi connectivity index (χ4n) is 4.24. The van der Waals surface area contributed by atoms with E-state index in [1.165, 1.54) is 0 Å². The summed E-state index contributed by atoms with van der Waals surface area (Å²) < 4.78 is 17.5. The number of pyridine rings is 2. The van der Waals surface area contributed by atoms with Gasteiger partial charge in [0.2, 0.25) is 11.8 Å². The molecule has 34 heavy (non-hydrogen) atoms. The molecule has 0 saturated heterocycles. The number of rotatable bonds is 7. The standard InChI is InChI=1S/C25H25N5O4/c1-26-23-18-11-27-22(30-24(31)13-3-4-13)10-17(18)19(12-28-23)25-29-20-9-14(5-6-21(20)34-25)33-16-7-15(8-16)32-2/h5-6,9-13,15-16H,3-4,7-8H2,1-2H3,(H,26,28)(H,27,30,31)/t15-,16-. The number of carbonyl (C=O) groups excluding carboxylic acids is 1. The third-order valence-electron chi connectivity index (χ3n) is 6.49. The number of benzene rings is 1. The molecule has 0 radical (unpaired) electrons. The summed E-state index contributed by atoms with van der Waals surface area (Å²) in [5.74, 6) is 2.49. The number of carbonyl (C=O) groups is 1. The highest BCUT2D eigenvalue weighted by molar-refractivity contribution is 6.03. The average molecular weight is 460 g/mol. The van der Waals surface area contributed by atoms with Crippen molar-refractivity contribution in [2.24, 2.45) is 5.92 Å². The normalized spacial score (nSPS) is 19.7. The number of anilines is 2. The van der Waals surface area contributed by atoms with Crippen LogP contribution < -0.4 is 15.4 Å². The monoisotopic (exact) mass is 459 g/mol. The molecule has 0 unspecified atom stereocenters. The second-order valence-corrected chi connectivity index (χ2v) is 8.87. The van der Waals surface area contributed by atoms with Crippen LogP contribution in [-0.2, 0) is 9.53 Å². The minimum atomic E-state index is 0.00831. The number of amides is 1. The second-order valence-electron chi connectivity index (χ2n) is 8.87. The van der Waals surface area contributed by atoms with Crippen LogP contribution in [0.3, 0.4) is 0 Å². The van der Waals surface area contributed by atoms with Gasteiger partial charge in [-0.15, -0.1) is 0 Å². The first-order chi connectivity index (χ1) is 16.6. The number of fused-ring (bicyclic) bond motifs is 2. The zero-order chi connectivity index (χ0) is 23.2. The number of nitrogens with zero attached hydrogens (tertiary/aromatic N) is 3. The van der Waals surface area contributed by atoms with Crippen molar-refractivity contribution in [3.63, 3.8) is 0 Å². The van der Waals surface area contributed by atoms with Crippen molar-refractivity contribution in [2.45, 2.75) is 37.9 Å². The van der Waals surface area contributed by atoms with Gasteiger partial charge in [-0.25, -0.2) is 15.0 Å². The van der Waals surface area contributed by atoms with E-state index in [0.29, 0.717) is 28.6 Å². The molecule has 174 valence electrons. The average Bonchev–Trinajstić information content (AvgIpc) is 3.59. The van der Waals surface area contributed by atoms with E-state index in [-0.39, 0.29) is 24.0 Å². The molecular weight excluding hydrogens is 434 g/mol. The number of nitrogens with one attached hydrogen (secondary N) is 2. The molecule has 1 aromatic carbocycles. The van der Waals surface area contributed by atoms with Gasteiger partial charge in [0.25, 0.3) is 0 Å². The van der Waals surface area contributed by atoms with Crippen LogP contribution in [-0.4, -0.2) is 47.2 Å². The van der Waals surface area contributed by atoms with Crippen LogP contribution in [0.2, 0.25) is 0 Å². The van der Waals surface area contributed by atoms with Gasteiger partial charge in [0, 0.05) is 62.1 Å². The fourth-order valence-corrected chi connectivity index (χ4v) is 4.24. The number of hydrogen-bond acceptors (Lipinski definition) is 8. The van der Waals surface area contributed by atoms with Gasteiger partial charge in [0.05, 0.1) is 11.7 Å². The van der Waals surface area contributed by atoms with Crippen molar-refractivity contribution in [1.29, 1.82) is 0 Å². The number of hydrogen-bond donors (Lipinski definition) is 2. The summed E-state index contributed by atoms with van der Waals surface area (Å²) in [4.78, 5) is 25.9. The lowest BCUT2D eigenvalue weighted by Gasteiger charge is -2.34. The Morgan fingerprint density at radius 3 is 2.71 bits per heavy atom. The van der Waals surface area contributed by atoms with Crippen molar-refractivity contribution < 1.29 is 18.7 Å². The molecule has 2 aliphatic rings. The highest BCUT2D eigenvalue weighted by Crippen LogP contribution is 2.36. The lowest BCUT2D eigenvalue weighted by Crippen LogP contribution is -2.38. The molecule has 0 atom stereocenters. The largest absolute Gasteiger partial charge is 0.490 e. The van der Waals surface area contributed by atoms with Crippen LogP contribution in [0.1, 0.15) is 25.7 Å². The van der Waals surface area contributed by atoms with E-state index < -0.39 is 0 Å². The summed E-state index contributed by atoms with van der Waals surface area (Å²) in [6.07, 6.45) is 7.52. The number of aromatic nitrogens is 3. The molecule has 2 saturated carbocycles. The predicted molar refractivity (Wildman–Crippen MR) is 128 cm³/mol. The van der Waals surface area contributed by atoms with E-state index >= 15 is 0 Å². The molecule has 0 spiro atoms. The maximum Gasteiger partial charge on any atom is 0.229 e. The van der Waals surface area contributed by atoms with Crippen LogP contribution >= 0.6 is 0 Å². The summed E-state index contributed by atoms with van der Waals surface area (Å²) in [6.45, 7) is 0. The molecule has 3 heterocycles. The zero-order valence-corrected chi connectivity index (χ0v) is 19.0. The molecular formula is C25H25N5O4. The third kappa shape index (κ3) is 3.81. The highest BCUT2D eigenvalue weighted by Gasteiger charge is 2.31. The molecule has 9 nitrogen and oxygen atoms in total. The quantitative estimate of drug-likeness (QED) is 0.419. The minimum absolute atomic E-state index is 0.00831. The van der Waals surface area contributed by atoms with Gasteiger partial charge >= 0.3 is 0 Å². The maximum absolute atomic E-state index is 12.3. The molecule has 0 bridgehead atoms. The number of ether oxygens (including phenoxy) is 2. The SMILES string of the molecule is CNc1ncc(-c2nc3cc(O[C@H]4C[C@H](OC)C4)ccc3o2)c2cc(NC(=O)C3CC3)ncc12. The lowest BCUT2D eigenvalue weighted by molar-refractivity contribution is -0.117. The lowest BCUT2D eigenvalue weighted by atomic mass is 9.92. The Morgan fingerprint density at radius 2 is 1.94 bits per heavy atom. The minimum Gasteiger partial charge on any atom is -0.490 e. The third-order valence-corrected chi connectivity index (χ3v) is 6.49. The van der Waals surface area contributed by atoms with Crippen molar-refractivity contribution in [2.75, 3.05) is 24.8 Å². The predicted octanol–water partition coefficient (Wildman–Crippen LogP) is 4.38. The second kappa shape index (κ2) is 8.25. The summed E-state index contributed by atoms with van der Waals surface area (Å²) in [6, 6.07) is 7.50. The van der Waals surface area contributed by atoms with E-state index in [1.807, 2.05) is 31.3 Å². The van der Waals surface area contributed by atoms with Crippen LogP contribution in [0, 0.1) is 5.92 Å². The Hall–Kier alpha value is -3.72. The van der Waals surface area contributed by atoms with Gasteiger partial charge in [0.1, 0.15) is 29.0 Å². The smallest absolute Gasteiger partial charge is 0.229 e. The summed E-state index contributed by atoms with van der Waals surface area (Å²) >= 11 is 0. The first-order valence-electron chi connectivity index (χ1n) is 11.5. The number of methoxy groups -OCH3 is 1. The van der Waals surface area contributed by atoms with Gasteiger partial charge in [-0.1, -0.05) is 0 Å². The molecule has 9 heteroatoms. The van der Waals surface area contributed by atoms with Gasteiger partial charge in [-0.3, -0.25) is 4.79 Å². The molecule has 2 fully saturated rings. The van der Waals surface area contributed by atoms with Crippen LogP contribution in [0.15, 0.2) is 41.1 Å². The van der Waals surface area contributed by atoms with E-state index in [4.69, 9.17) is 18.9 Å². The van der Waals surface area contributed by atoms with Crippen molar-refractivity contribution in [3.05, 3.63) is 36.7 Å². The van der Waals surface area contributed by atoms with Gasteiger partial charge in [-0.2, -0.15) is 0 Å². The van der Waals surface area contributed by atoms with Crippen molar-refractivity contribution in [3.8, 4) is 17.2 Å². The maximum atomic E-state index is 12.3. The molecule has 4 aromatic rings. The van der Waals surface area contributed by atoms with Crippen molar-refractivity contribution in [1.82, 2.24) is 15.0 Å². The molecule has 0 aliphatic heterocycles. The Morgan fingerprint density at radius 1 is 1.09 bits per heavy atom. The van der Waals surface area contributed by atoms with E-state index in [2.05, 4.69) is 20.6 Å². The van der Waals surface area contributed by atoms with Gasteiger partial charge in [0.15, 0.2) is 5.58 Å². The van der Waals surface area contributed by atoms with Gasteiger partial charge < -0.3 is 24.5 Å². The molecule has 6 rings (SSSR count). The van der Waals surface area contributed by atoms with E-state index in [0.717, 1.165) is 47.8 Å². The first kappa shape index (κ1) is 20.9. The Labute approximate surface area is 195 Å². The molecule has 3 aromatic heterocycles. The van der Waals surface area contributed by atoms with Crippen LogP contribution in [0.25, 0.3) is 33.3 Å².